The Morgan fingerprint density at radius 3 is 3.00 bits per heavy atom. The lowest BCUT2D eigenvalue weighted by atomic mass is 9.99. The third kappa shape index (κ3) is 3.68. The van der Waals surface area contributed by atoms with Gasteiger partial charge in [-0.3, -0.25) is 4.90 Å². The molecule has 18 heavy (non-hydrogen) atoms. The van der Waals surface area contributed by atoms with Crippen LogP contribution in [0.5, 0.6) is 0 Å². The number of hydrogen-bond acceptors (Lipinski definition) is 4. The summed E-state index contributed by atoms with van der Waals surface area (Å²) < 4.78 is 0. The minimum Gasteiger partial charge on any atom is -0.302 e. The van der Waals surface area contributed by atoms with Gasteiger partial charge in [0.1, 0.15) is 0 Å². The normalized spacial score (nSPS) is 27.4. The van der Waals surface area contributed by atoms with Gasteiger partial charge in [-0.25, -0.2) is 0 Å². The summed E-state index contributed by atoms with van der Waals surface area (Å²) in [5.41, 5.74) is 0. The molecule has 2 saturated heterocycles. The Balaban J connectivity index is 1.72. The monoisotopic (exact) mass is 250 g/mol. The summed E-state index contributed by atoms with van der Waals surface area (Å²) in [5.74, 6) is 0. The van der Waals surface area contributed by atoms with Gasteiger partial charge in [0.25, 0.3) is 0 Å². The lowest BCUT2D eigenvalue weighted by molar-refractivity contribution is 0.0483. The number of nitrogens with zero attached hydrogens (tertiary/aromatic N) is 3. The van der Waals surface area contributed by atoms with Crippen LogP contribution in [0.1, 0.15) is 32.6 Å². The fourth-order valence-corrected chi connectivity index (χ4v) is 3.19. The third-order valence-corrected chi connectivity index (χ3v) is 4.26. The fraction of sp³-hybridized carbons (Fsp3) is 0.929. The molecule has 0 bridgehead atoms. The van der Waals surface area contributed by atoms with Gasteiger partial charge in [-0.1, -0.05) is 13.3 Å². The van der Waals surface area contributed by atoms with E-state index in [0.29, 0.717) is 0 Å². The molecule has 2 aliphatic rings. The molecule has 0 aliphatic carbocycles. The van der Waals surface area contributed by atoms with E-state index in [1.54, 1.807) is 0 Å². The van der Waals surface area contributed by atoms with Crippen LogP contribution in [0.4, 0.5) is 0 Å². The first kappa shape index (κ1) is 13.8. The Kier molecular flexibility index (Phi) is 5.43. The second-order valence-electron chi connectivity index (χ2n) is 5.51. The van der Waals surface area contributed by atoms with Crippen LogP contribution in [0.15, 0.2) is 0 Å². The fourth-order valence-electron chi connectivity index (χ4n) is 3.19. The molecule has 2 unspecified atom stereocenters. The highest BCUT2D eigenvalue weighted by atomic mass is 15.3. The van der Waals surface area contributed by atoms with Crippen molar-refractivity contribution in [2.24, 2.45) is 0 Å². The quantitative estimate of drug-likeness (QED) is 0.792. The molecule has 0 aromatic rings. The standard InChI is InChI=1S/C14H26N4/c1-2-16-13(11-15)6-8-17-9-10-18-7-4-3-5-14(18)12-17/h13-14,16H,2-10,12H2,1H3. The Labute approximate surface area is 111 Å². The van der Waals surface area contributed by atoms with Crippen LogP contribution < -0.4 is 5.32 Å². The van der Waals surface area contributed by atoms with Crippen LogP contribution in [0, 0.1) is 11.3 Å². The van der Waals surface area contributed by atoms with E-state index in [-0.39, 0.29) is 6.04 Å². The minimum atomic E-state index is 0.0272. The van der Waals surface area contributed by atoms with Crippen molar-refractivity contribution in [3.05, 3.63) is 0 Å². The van der Waals surface area contributed by atoms with Crippen LogP contribution in [-0.4, -0.2) is 61.2 Å². The molecule has 0 aromatic carbocycles. The van der Waals surface area contributed by atoms with Gasteiger partial charge in [-0.2, -0.15) is 5.26 Å². The summed E-state index contributed by atoms with van der Waals surface area (Å²) in [4.78, 5) is 5.21. The summed E-state index contributed by atoms with van der Waals surface area (Å²) in [6, 6.07) is 3.16. The van der Waals surface area contributed by atoms with E-state index in [1.807, 2.05) is 0 Å². The van der Waals surface area contributed by atoms with Gasteiger partial charge in [0.2, 0.25) is 0 Å². The van der Waals surface area contributed by atoms with Crippen LogP contribution in [-0.2, 0) is 0 Å². The molecule has 0 saturated carbocycles. The largest absolute Gasteiger partial charge is 0.302 e. The minimum absolute atomic E-state index is 0.0272. The molecule has 4 heteroatoms. The predicted octanol–water partition coefficient (Wildman–Crippen LogP) is 1.05. The summed E-state index contributed by atoms with van der Waals surface area (Å²) in [5, 5.41) is 12.3. The predicted molar refractivity (Wildman–Crippen MR) is 73.3 cm³/mol. The zero-order valence-electron chi connectivity index (χ0n) is 11.6. The molecule has 0 aromatic heterocycles. The lowest BCUT2D eigenvalue weighted by Gasteiger charge is -2.44. The highest BCUT2D eigenvalue weighted by Crippen LogP contribution is 2.21. The van der Waals surface area contributed by atoms with Gasteiger partial charge in [-0.05, 0) is 32.4 Å². The molecule has 2 rings (SSSR count). The van der Waals surface area contributed by atoms with Gasteiger partial charge in [0.05, 0.1) is 12.1 Å². The van der Waals surface area contributed by atoms with Crippen LogP contribution in [0.3, 0.4) is 0 Å². The van der Waals surface area contributed by atoms with Crippen molar-refractivity contribution in [1.29, 1.82) is 5.26 Å². The maximum Gasteiger partial charge on any atom is 0.0965 e. The first-order valence-electron chi connectivity index (χ1n) is 7.43. The van der Waals surface area contributed by atoms with Gasteiger partial charge in [0.15, 0.2) is 0 Å². The maximum atomic E-state index is 9.03. The number of piperidine rings is 1. The molecule has 1 N–H and O–H groups in total. The summed E-state index contributed by atoms with van der Waals surface area (Å²) in [6.45, 7) is 8.93. The van der Waals surface area contributed by atoms with Crippen LogP contribution in [0.25, 0.3) is 0 Å². The average Bonchev–Trinajstić information content (AvgIpc) is 2.43. The van der Waals surface area contributed by atoms with Crippen molar-refractivity contribution in [2.45, 2.75) is 44.7 Å². The van der Waals surface area contributed by atoms with Crippen molar-refractivity contribution >= 4 is 0 Å². The average molecular weight is 250 g/mol. The maximum absolute atomic E-state index is 9.03. The molecule has 0 amide bonds. The molecular weight excluding hydrogens is 224 g/mol. The van der Waals surface area contributed by atoms with E-state index in [2.05, 4.69) is 28.1 Å². The number of piperazine rings is 1. The van der Waals surface area contributed by atoms with Crippen molar-refractivity contribution in [3.8, 4) is 6.07 Å². The SMILES string of the molecule is CCNC(C#N)CCN1CCN2CCCCC2C1. The van der Waals surface area contributed by atoms with Gasteiger partial charge in [0, 0.05) is 32.2 Å². The molecular formula is C14H26N4. The van der Waals surface area contributed by atoms with E-state index in [9.17, 15) is 0 Å². The highest BCUT2D eigenvalue weighted by molar-refractivity contribution is 4.91. The highest BCUT2D eigenvalue weighted by Gasteiger charge is 2.28. The van der Waals surface area contributed by atoms with Crippen molar-refractivity contribution in [2.75, 3.05) is 39.3 Å². The Morgan fingerprint density at radius 1 is 1.33 bits per heavy atom. The molecule has 102 valence electrons. The Morgan fingerprint density at radius 2 is 2.22 bits per heavy atom. The summed E-state index contributed by atoms with van der Waals surface area (Å²) >= 11 is 0. The summed E-state index contributed by atoms with van der Waals surface area (Å²) in [6.07, 6.45) is 5.10. The van der Waals surface area contributed by atoms with Gasteiger partial charge >= 0.3 is 0 Å². The van der Waals surface area contributed by atoms with E-state index in [4.69, 9.17) is 5.26 Å². The molecule has 0 spiro atoms. The van der Waals surface area contributed by atoms with E-state index in [1.165, 1.54) is 45.4 Å². The molecule has 2 heterocycles. The van der Waals surface area contributed by atoms with Crippen LogP contribution >= 0.6 is 0 Å². The third-order valence-electron chi connectivity index (χ3n) is 4.26. The molecule has 0 radical (unpaired) electrons. The second-order valence-corrected chi connectivity index (χ2v) is 5.51. The zero-order valence-corrected chi connectivity index (χ0v) is 11.6. The van der Waals surface area contributed by atoms with Crippen molar-refractivity contribution in [3.63, 3.8) is 0 Å². The topological polar surface area (TPSA) is 42.3 Å². The molecule has 2 fully saturated rings. The van der Waals surface area contributed by atoms with E-state index < -0.39 is 0 Å². The zero-order chi connectivity index (χ0) is 12.8. The number of fused-ring (bicyclic) bond motifs is 1. The first-order chi connectivity index (χ1) is 8.83. The van der Waals surface area contributed by atoms with Crippen LogP contribution in [0.2, 0.25) is 0 Å². The Bertz CT molecular complexity index is 286. The van der Waals surface area contributed by atoms with Crippen molar-refractivity contribution < 1.29 is 0 Å². The lowest BCUT2D eigenvalue weighted by Crippen LogP contribution is -2.55. The van der Waals surface area contributed by atoms with Gasteiger partial charge in [-0.15, -0.1) is 0 Å². The number of rotatable bonds is 5. The molecule has 2 aliphatic heterocycles. The van der Waals surface area contributed by atoms with Crippen molar-refractivity contribution in [1.82, 2.24) is 15.1 Å². The number of nitriles is 1. The summed E-state index contributed by atoms with van der Waals surface area (Å²) in [7, 11) is 0. The van der Waals surface area contributed by atoms with E-state index in [0.717, 1.165) is 25.6 Å². The molecule has 4 nitrogen and oxygen atoms in total. The first-order valence-corrected chi connectivity index (χ1v) is 7.43. The van der Waals surface area contributed by atoms with Gasteiger partial charge < -0.3 is 10.2 Å². The second kappa shape index (κ2) is 7.08. The smallest absolute Gasteiger partial charge is 0.0965 e. The number of nitrogens with one attached hydrogen (secondary N) is 1. The number of hydrogen-bond donors (Lipinski definition) is 1. The molecule has 2 atom stereocenters. The Hall–Kier alpha value is -0.630. The van der Waals surface area contributed by atoms with E-state index >= 15 is 0 Å².